The Morgan fingerprint density at radius 1 is 0.941 bits per heavy atom. The van der Waals surface area contributed by atoms with Crippen molar-refractivity contribution in [1.82, 2.24) is 25.3 Å². The third kappa shape index (κ3) is 4.23. The molecule has 3 fully saturated rings. The van der Waals surface area contributed by atoms with E-state index in [4.69, 9.17) is 0 Å². The van der Waals surface area contributed by atoms with Crippen molar-refractivity contribution in [2.75, 3.05) is 32.7 Å². The van der Waals surface area contributed by atoms with Crippen LogP contribution < -0.4 is 10.6 Å². The maximum absolute atomic E-state index is 13.0. The molecule has 34 heavy (non-hydrogen) atoms. The monoisotopic (exact) mass is 467 g/mol. The molecular formula is C24H29N5O5. The predicted octanol–water partition coefficient (Wildman–Crippen LogP) is -0.126. The highest BCUT2D eigenvalue weighted by Gasteiger charge is 2.44. The van der Waals surface area contributed by atoms with E-state index in [1.165, 1.54) is 0 Å². The van der Waals surface area contributed by atoms with Crippen LogP contribution in [0, 0.1) is 0 Å². The smallest absolute Gasteiger partial charge is 0.262 e. The number of hydrogen-bond donors (Lipinski definition) is 2. The molecule has 2 atom stereocenters. The summed E-state index contributed by atoms with van der Waals surface area (Å²) in [7, 11) is 0. The minimum absolute atomic E-state index is 0.0622. The molecule has 1 aromatic rings. The summed E-state index contributed by atoms with van der Waals surface area (Å²) in [5.74, 6) is -1.80. The SMILES string of the molecule is O=C1CCC(N2C(=O)c3ccc(CN4CCN(C(=O)[C@@H]5CCCCN5)CC4)cc3C2=O)C(=O)N1. The van der Waals surface area contributed by atoms with Crippen LogP contribution in [0.1, 0.15) is 58.4 Å². The number of nitrogens with one attached hydrogen (secondary N) is 2. The quantitative estimate of drug-likeness (QED) is 0.593. The van der Waals surface area contributed by atoms with E-state index < -0.39 is 29.7 Å². The first-order chi connectivity index (χ1) is 16.4. The Labute approximate surface area is 197 Å². The van der Waals surface area contributed by atoms with Crippen molar-refractivity contribution in [2.45, 2.75) is 50.7 Å². The van der Waals surface area contributed by atoms with E-state index in [2.05, 4.69) is 15.5 Å². The van der Waals surface area contributed by atoms with Gasteiger partial charge in [-0.3, -0.25) is 39.1 Å². The number of fused-ring (bicyclic) bond motifs is 1. The maximum atomic E-state index is 13.0. The third-order valence-corrected chi connectivity index (χ3v) is 7.20. The Hall–Kier alpha value is -3.11. The molecule has 4 aliphatic rings. The van der Waals surface area contributed by atoms with E-state index in [1.54, 1.807) is 12.1 Å². The number of hydrogen-bond acceptors (Lipinski definition) is 7. The molecule has 1 aromatic carbocycles. The summed E-state index contributed by atoms with van der Waals surface area (Å²) in [6.07, 6.45) is 3.35. The normalized spacial score (nSPS) is 26.0. The first-order valence-corrected chi connectivity index (χ1v) is 12.0. The first kappa shape index (κ1) is 22.7. The molecule has 10 heteroatoms. The molecule has 180 valence electrons. The van der Waals surface area contributed by atoms with Gasteiger partial charge in [0.15, 0.2) is 0 Å². The molecule has 2 N–H and O–H groups in total. The molecule has 4 aliphatic heterocycles. The van der Waals surface area contributed by atoms with Crippen molar-refractivity contribution in [3.8, 4) is 0 Å². The molecule has 3 saturated heterocycles. The summed E-state index contributed by atoms with van der Waals surface area (Å²) in [5, 5.41) is 5.53. The van der Waals surface area contributed by atoms with E-state index in [-0.39, 0.29) is 30.4 Å². The van der Waals surface area contributed by atoms with E-state index >= 15 is 0 Å². The fourth-order valence-electron chi connectivity index (χ4n) is 5.28. The minimum Gasteiger partial charge on any atom is -0.339 e. The van der Waals surface area contributed by atoms with E-state index in [1.807, 2.05) is 11.0 Å². The average molecular weight is 468 g/mol. The van der Waals surface area contributed by atoms with Gasteiger partial charge in [0, 0.05) is 39.1 Å². The van der Waals surface area contributed by atoms with Gasteiger partial charge in [-0.2, -0.15) is 0 Å². The molecule has 0 spiro atoms. The summed E-state index contributed by atoms with van der Waals surface area (Å²) in [6.45, 7) is 4.33. The first-order valence-electron chi connectivity index (χ1n) is 12.0. The average Bonchev–Trinajstić information content (AvgIpc) is 3.09. The highest BCUT2D eigenvalue weighted by Crippen LogP contribution is 2.28. The summed E-state index contributed by atoms with van der Waals surface area (Å²) in [6, 6.07) is 4.18. The number of nitrogens with zero attached hydrogens (tertiary/aromatic N) is 3. The van der Waals surface area contributed by atoms with Crippen LogP contribution in [-0.4, -0.2) is 89.0 Å². The van der Waals surface area contributed by atoms with Gasteiger partial charge in [0.2, 0.25) is 17.7 Å². The third-order valence-electron chi connectivity index (χ3n) is 7.20. The van der Waals surface area contributed by atoms with Gasteiger partial charge in [0.25, 0.3) is 11.8 Å². The van der Waals surface area contributed by atoms with Gasteiger partial charge < -0.3 is 10.2 Å². The molecule has 0 saturated carbocycles. The van der Waals surface area contributed by atoms with Crippen LogP contribution in [-0.2, 0) is 20.9 Å². The standard InChI is InChI=1S/C24H29N5O5/c30-20-7-6-19(21(31)26-20)29-22(32)16-5-4-15(13-17(16)23(29)33)14-27-9-11-28(12-10-27)24(34)18-3-1-2-8-25-18/h4-5,13,18-19,25H,1-3,6-12,14H2,(H,26,30,31)/t18-,19?/m0/s1. The van der Waals surface area contributed by atoms with Crippen molar-refractivity contribution in [3.05, 3.63) is 34.9 Å². The van der Waals surface area contributed by atoms with E-state index in [9.17, 15) is 24.0 Å². The Kier molecular flexibility index (Phi) is 6.18. The zero-order chi connectivity index (χ0) is 23.8. The Bertz CT molecular complexity index is 1040. The second-order valence-electron chi connectivity index (χ2n) is 9.43. The Balaban J connectivity index is 1.21. The van der Waals surface area contributed by atoms with Gasteiger partial charge in [-0.1, -0.05) is 12.5 Å². The predicted molar refractivity (Wildman–Crippen MR) is 121 cm³/mol. The van der Waals surface area contributed by atoms with Gasteiger partial charge in [0.05, 0.1) is 17.2 Å². The number of piperazine rings is 1. The van der Waals surface area contributed by atoms with Gasteiger partial charge >= 0.3 is 0 Å². The van der Waals surface area contributed by atoms with Gasteiger partial charge in [-0.15, -0.1) is 0 Å². The van der Waals surface area contributed by atoms with Gasteiger partial charge in [-0.25, -0.2) is 0 Å². The number of carbonyl (C=O) groups excluding carboxylic acids is 5. The van der Waals surface area contributed by atoms with Crippen molar-refractivity contribution in [3.63, 3.8) is 0 Å². The van der Waals surface area contributed by atoms with Crippen LogP contribution in [0.5, 0.6) is 0 Å². The lowest BCUT2D eigenvalue weighted by Crippen LogP contribution is -2.54. The molecule has 5 rings (SSSR count). The molecule has 5 amide bonds. The second kappa shape index (κ2) is 9.27. The Morgan fingerprint density at radius 2 is 1.71 bits per heavy atom. The Morgan fingerprint density at radius 3 is 2.41 bits per heavy atom. The number of benzene rings is 1. The van der Waals surface area contributed by atoms with Crippen LogP contribution in [0.4, 0.5) is 0 Å². The van der Waals surface area contributed by atoms with Crippen molar-refractivity contribution < 1.29 is 24.0 Å². The fraction of sp³-hybridized carbons (Fsp3) is 0.542. The number of amides is 5. The number of rotatable bonds is 4. The zero-order valence-corrected chi connectivity index (χ0v) is 19.0. The lowest BCUT2D eigenvalue weighted by atomic mass is 10.0. The fourth-order valence-corrected chi connectivity index (χ4v) is 5.28. The summed E-state index contributed by atoms with van der Waals surface area (Å²) in [5.41, 5.74) is 1.48. The van der Waals surface area contributed by atoms with Crippen LogP contribution in [0.15, 0.2) is 18.2 Å². The summed E-state index contributed by atoms with van der Waals surface area (Å²) >= 11 is 0. The molecule has 0 bridgehead atoms. The molecule has 0 aliphatic carbocycles. The van der Waals surface area contributed by atoms with E-state index in [0.717, 1.165) is 49.4 Å². The second-order valence-corrected chi connectivity index (χ2v) is 9.43. The van der Waals surface area contributed by atoms with Crippen LogP contribution in [0.2, 0.25) is 0 Å². The van der Waals surface area contributed by atoms with Crippen LogP contribution in [0.3, 0.4) is 0 Å². The highest BCUT2D eigenvalue weighted by molar-refractivity contribution is 6.23. The zero-order valence-electron chi connectivity index (χ0n) is 19.0. The maximum Gasteiger partial charge on any atom is 0.262 e. The number of imide groups is 2. The van der Waals surface area contributed by atoms with Gasteiger partial charge in [0.1, 0.15) is 6.04 Å². The largest absolute Gasteiger partial charge is 0.339 e. The lowest BCUT2D eigenvalue weighted by Gasteiger charge is -2.37. The van der Waals surface area contributed by atoms with Crippen LogP contribution >= 0.6 is 0 Å². The van der Waals surface area contributed by atoms with Crippen molar-refractivity contribution in [1.29, 1.82) is 0 Å². The van der Waals surface area contributed by atoms with Crippen LogP contribution in [0.25, 0.3) is 0 Å². The van der Waals surface area contributed by atoms with E-state index in [0.29, 0.717) is 25.2 Å². The molecule has 4 heterocycles. The van der Waals surface area contributed by atoms with Crippen molar-refractivity contribution >= 4 is 29.5 Å². The molecular weight excluding hydrogens is 438 g/mol. The molecule has 0 aromatic heterocycles. The highest BCUT2D eigenvalue weighted by atomic mass is 16.2. The number of carbonyl (C=O) groups is 5. The topological polar surface area (TPSA) is 119 Å². The molecule has 10 nitrogen and oxygen atoms in total. The molecule has 1 unspecified atom stereocenters. The summed E-state index contributed by atoms with van der Waals surface area (Å²) in [4.78, 5) is 67.4. The van der Waals surface area contributed by atoms with Crippen molar-refractivity contribution in [2.24, 2.45) is 0 Å². The molecule has 0 radical (unpaired) electrons. The minimum atomic E-state index is -0.960. The lowest BCUT2D eigenvalue weighted by molar-refractivity contribution is -0.137. The summed E-state index contributed by atoms with van der Waals surface area (Å²) < 4.78 is 0. The van der Waals surface area contributed by atoms with Gasteiger partial charge in [-0.05, 0) is 43.5 Å². The number of piperidine rings is 2.